The minimum atomic E-state index is -0.0618. The van der Waals surface area contributed by atoms with Crippen molar-refractivity contribution in [3.05, 3.63) is 72.8 Å². The molecular formula is C27H26N6O2. The Morgan fingerprint density at radius 3 is 2.86 bits per heavy atom. The SMILES string of the molecule is COCc1cccc(-c2nn(C3CCCCO3)cc2-c2ccc3ncc(-c4cn[nH]c4)cc3n2)c1. The van der Waals surface area contributed by atoms with Gasteiger partial charge in [0.05, 0.1) is 29.5 Å². The average molecular weight is 467 g/mol. The first kappa shape index (κ1) is 21.6. The molecule has 0 bridgehead atoms. The van der Waals surface area contributed by atoms with Crippen LogP contribution in [0.1, 0.15) is 31.1 Å². The molecule has 1 aliphatic heterocycles. The lowest BCUT2D eigenvalue weighted by Crippen LogP contribution is -2.18. The largest absolute Gasteiger partial charge is 0.380 e. The van der Waals surface area contributed by atoms with Gasteiger partial charge in [0.2, 0.25) is 0 Å². The Morgan fingerprint density at radius 2 is 2.03 bits per heavy atom. The zero-order valence-electron chi connectivity index (χ0n) is 19.5. The molecule has 176 valence electrons. The number of nitrogens with zero attached hydrogens (tertiary/aromatic N) is 5. The number of aromatic amines is 1. The number of methoxy groups -OCH3 is 1. The Bertz CT molecular complexity index is 1450. The molecule has 8 heteroatoms. The molecule has 5 heterocycles. The van der Waals surface area contributed by atoms with Crippen LogP contribution in [0, 0.1) is 0 Å². The summed E-state index contributed by atoms with van der Waals surface area (Å²) in [5, 5.41) is 11.9. The van der Waals surface area contributed by atoms with Crippen molar-refractivity contribution in [2.24, 2.45) is 0 Å². The van der Waals surface area contributed by atoms with Gasteiger partial charge in [0.15, 0.2) is 0 Å². The molecule has 4 aromatic heterocycles. The first-order valence-corrected chi connectivity index (χ1v) is 11.8. The smallest absolute Gasteiger partial charge is 0.150 e. The molecule has 1 saturated heterocycles. The molecule has 35 heavy (non-hydrogen) atoms. The van der Waals surface area contributed by atoms with E-state index in [1.807, 2.05) is 41.3 Å². The number of hydrogen-bond donors (Lipinski definition) is 1. The van der Waals surface area contributed by atoms with Crippen LogP contribution in [0.25, 0.3) is 44.7 Å². The minimum Gasteiger partial charge on any atom is -0.380 e. The summed E-state index contributed by atoms with van der Waals surface area (Å²) in [6, 6.07) is 14.4. The van der Waals surface area contributed by atoms with Crippen molar-refractivity contribution in [1.29, 1.82) is 0 Å². The van der Waals surface area contributed by atoms with E-state index in [2.05, 4.69) is 39.6 Å². The van der Waals surface area contributed by atoms with Crippen LogP contribution in [0.3, 0.4) is 0 Å². The van der Waals surface area contributed by atoms with E-state index < -0.39 is 0 Å². The van der Waals surface area contributed by atoms with E-state index in [-0.39, 0.29) is 6.23 Å². The normalized spacial score (nSPS) is 16.1. The number of rotatable bonds is 6. The number of nitrogens with one attached hydrogen (secondary N) is 1. The number of H-pyrrole nitrogens is 1. The predicted octanol–water partition coefficient (Wildman–Crippen LogP) is 5.40. The summed E-state index contributed by atoms with van der Waals surface area (Å²) in [4.78, 5) is 9.61. The van der Waals surface area contributed by atoms with Gasteiger partial charge in [0.25, 0.3) is 0 Å². The molecule has 0 radical (unpaired) electrons. The predicted molar refractivity (Wildman–Crippen MR) is 133 cm³/mol. The maximum absolute atomic E-state index is 6.03. The number of hydrogen-bond acceptors (Lipinski definition) is 6. The summed E-state index contributed by atoms with van der Waals surface area (Å²) >= 11 is 0. The van der Waals surface area contributed by atoms with Gasteiger partial charge in [0, 0.05) is 54.6 Å². The second kappa shape index (κ2) is 9.40. The molecule has 5 aromatic rings. The number of benzene rings is 1. The van der Waals surface area contributed by atoms with Crippen molar-refractivity contribution in [3.8, 4) is 33.6 Å². The number of pyridine rings is 2. The van der Waals surface area contributed by atoms with Crippen molar-refractivity contribution in [3.63, 3.8) is 0 Å². The van der Waals surface area contributed by atoms with Gasteiger partial charge < -0.3 is 9.47 Å². The van der Waals surface area contributed by atoms with Gasteiger partial charge in [-0.1, -0.05) is 18.2 Å². The Morgan fingerprint density at radius 1 is 1.06 bits per heavy atom. The highest BCUT2D eigenvalue weighted by Crippen LogP contribution is 2.34. The molecule has 1 aromatic carbocycles. The third-order valence-electron chi connectivity index (χ3n) is 6.34. The molecular weight excluding hydrogens is 440 g/mol. The number of ether oxygens (including phenoxy) is 2. The number of fused-ring (bicyclic) bond motifs is 1. The summed E-state index contributed by atoms with van der Waals surface area (Å²) in [6.45, 7) is 1.31. The monoisotopic (exact) mass is 466 g/mol. The Labute approximate surface area is 203 Å². The van der Waals surface area contributed by atoms with Gasteiger partial charge in [-0.05, 0) is 49.1 Å². The molecule has 0 amide bonds. The fourth-order valence-electron chi connectivity index (χ4n) is 4.57. The first-order valence-electron chi connectivity index (χ1n) is 11.8. The summed E-state index contributed by atoms with van der Waals surface area (Å²) in [7, 11) is 1.71. The van der Waals surface area contributed by atoms with Crippen LogP contribution in [-0.2, 0) is 16.1 Å². The topological polar surface area (TPSA) is 90.7 Å². The van der Waals surface area contributed by atoms with Crippen LogP contribution in [0.15, 0.2) is 67.3 Å². The van der Waals surface area contributed by atoms with Crippen molar-refractivity contribution in [1.82, 2.24) is 29.9 Å². The van der Waals surface area contributed by atoms with Crippen LogP contribution < -0.4 is 0 Å². The van der Waals surface area contributed by atoms with Crippen molar-refractivity contribution in [2.45, 2.75) is 32.1 Å². The fraction of sp³-hybridized carbons (Fsp3) is 0.259. The van der Waals surface area contributed by atoms with E-state index in [0.717, 1.165) is 76.1 Å². The molecule has 0 aliphatic carbocycles. The highest BCUT2D eigenvalue weighted by molar-refractivity contribution is 5.85. The zero-order chi connectivity index (χ0) is 23.6. The molecule has 1 aliphatic rings. The van der Waals surface area contributed by atoms with Crippen molar-refractivity contribution < 1.29 is 9.47 Å². The van der Waals surface area contributed by atoms with Crippen LogP contribution in [0.2, 0.25) is 0 Å². The molecule has 1 N–H and O–H groups in total. The van der Waals surface area contributed by atoms with Gasteiger partial charge in [-0.3, -0.25) is 10.1 Å². The van der Waals surface area contributed by atoms with Gasteiger partial charge in [-0.2, -0.15) is 10.2 Å². The van der Waals surface area contributed by atoms with Crippen LogP contribution in [-0.4, -0.2) is 43.7 Å². The zero-order valence-corrected chi connectivity index (χ0v) is 19.5. The van der Waals surface area contributed by atoms with Gasteiger partial charge in [-0.15, -0.1) is 0 Å². The summed E-state index contributed by atoms with van der Waals surface area (Å²) in [5.74, 6) is 0. The summed E-state index contributed by atoms with van der Waals surface area (Å²) in [6.07, 6.45) is 10.7. The molecule has 1 fully saturated rings. The molecule has 6 rings (SSSR count). The van der Waals surface area contributed by atoms with Gasteiger partial charge in [-0.25, -0.2) is 9.67 Å². The molecule has 0 saturated carbocycles. The lowest BCUT2D eigenvalue weighted by molar-refractivity contribution is -0.0393. The molecule has 1 atom stereocenters. The van der Waals surface area contributed by atoms with E-state index in [1.165, 1.54) is 0 Å². The van der Waals surface area contributed by atoms with E-state index >= 15 is 0 Å². The van der Waals surface area contributed by atoms with Gasteiger partial charge in [0.1, 0.15) is 11.9 Å². The summed E-state index contributed by atoms with van der Waals surface area (Å²) in [5.41, 5.74) is 8.41. The van der Waals surface area contributed by atoms with E-state index in [4.69, 9.17) is 19.6 Å². The lowest BCUT2D eigenvalue weighted by atomic mass is 10.0. The Kier molecular flexibility index (Phi) is 5.81. The third-order valence-corrected chi connectivity index (χ3v) is 6.34. The average Bonchev–Trinajstić information content (AvgIpc) is 3.60. The molecule has 0 spiro atoms. The van der Waals surface area contributed by atoms with E-state index in [0.29, 0.717) is 6.61 Å². The Balaban J connectivity index is 1.47. The van der Waals surface area contributed by atoms with Crippen molar-refractivity contribution >= 4 is 11.0 Å². The van der Waals surface area contributed by atoms with Crippen LogP contribution in [0.5, 0.6) is 0 Å². The molecule has 8 nitrogen and oxygen atoms in total. The highest BCUT2D eigenvalue weighted by Gasteiger charge is 2.22. The Hall–Kier alpha value is -3.88. The first-order chi connectivity index (χ1) is 17.3. The standard InChI is InChI=1S/C27H26N6O2/c1-34-17-18-5-4-6-19(11-18)27-22(16-33(32-27)26-7-2-3-10-35-26)23-8-9-24-25(31-23)12-20(13-28-24)21-14-29-30-15-21/h4-6,8-9,11-16,26H,2-3,7,10,17H2,1H3,(H,29,30). The minimum absolute atomic E-state index is 0.0618. The van der Waals surface area contributed by atoms with Crippen LogP contribution in [0.4, 0.5) is 0 Å². The quantitative estimate of drug-likeness (QED) is 0.361. The molecule has 1 unspecified atom stereocenters. The maximum Gasteiger partial charge on any atom is 0.150 e. The van der Waals surface area contributed by atoms with E-state index in [1.54, 1.807) is 13.3 Å². The van der Waals surface area contributed by atoms with E-state index in [9.17, 15) is 0 Å². The fourth-order valence-corrected chi connectivity index (χ4v) is 4.57. The van der Waals surface area contributed by atoms with Crippen LogP contribution >= 0.6 is 0 Å². The van der Waals surface area contributed by atoms with Gasteiger partial charge >= 0.3 is 0 Å². The second-order valence-electron chi connectivity index (χ2n) is 8.77. The second-order valence-corrected chi connectivity index (χ2v) is 8.77. The highest BCUT2D eigenvalue weighted by atomic mass is 16.5. The summed E-state index contributed by atoms with van der Waals surface area (Å²) < 4.78 is 13.3. The maximum atomic E-state index is 6.03. The lowest BCUT2D eigenvalue weighted by Gasteiger charge is -2.22. The van der Waals surface area contributed by atoms with Crippen molar-refractivity contribution in [2.75, 3.05) is 13.7 Å². The number of aromatic nitrogens is 6. The third kappa shape index (κ3) is 4.34.